The predicted octanol–water partition coefficient (Wildman–Crippen LogP) is 2.07. The summed E-state index contributed by atoms with van der Waals surface area (Å²) in [4.78, 5) is 23.9. The highest BCUT2D eigenvalue weighted by Gasteiger charge is 2.27. The van der Waals surface area contributed by atoms with Gasteiger partial charge in [0.1, 0.15) is 0 Å². The Bertz CT molecular complexity index is 562. The number of benzene rings is 1. The lowest BCUT2D eigenvalue weighted by Crippen LogP contribution is -2.43. The SMILES string of the molecule is CC(=O)NC(CC(=O)NCC1(C)CCNCC1)c1ccc(C)cc1. The molecule has 1 aromatic rings. The van der Waals surface area contributed by atoms with Crippen molar-refractivity contribution in [2.75, 3.05) is 19.6 Å². The highest BCUT2D eigenvalue weighted by Crippen LogP contribution is 2.27. The third kappa shape index (κ3) is 5.64. The van der Waals surface area contributed by atoms with Gasteiger partial charge in [-0.05, 0) is 43.8 Å². The normalized spacial score (nSPS) is 17.8. The van der Waals surface area contributed by atoms with Gasteiger partial charge in [-0.1, -0.05) is 36.8 Å². The molecule has 0 radical (unpaired) electrons. The first-order valence-corrected chi connectivity index (χ1v) is 8.69. The van der Waals surface area contributed by atoms with Crippen molar-refractivity contribution in [1.29, 1.82) is 0 Å². The van der Waals surface area contributed by atoms with E-state index in [1.165, 1.54) is 6.92 Å². The van der Waals surface area contributed by atoms with Crippen LogP contribution in [0.25, 0.3) is 0 Å². The molecule has 5 heteroatoms. The van der Waals surface area contributed by atoms with Gasteiger partial charge < -0.3 is 16.0 Å². The summed E-state index contributed by atoms with van der Waals surface area (Å²) >= 11 is 0. The predicted molar refractivity (Wildman–Crippen MR) is 95.6 cm³/mol. The Morgan fingerprint density at radius 3 is 2.42 bits per heavy atom. The molecule has 3 N–H and O–H groups in total. The first-order valence-electron chi connectivity index (χ1n) is 8.69. The average molecular weight is 331 g/mol. The van der Waals surface area contributed by atoms with Crippen molar-refractivity contribution in [3.8, 4) is 0 Å². The van der Waals surface area contributed by atoms with Crippen LogP contribution in [0.4, 0.5) is 0 Å². The van der Waals surface area contributed by atoms with E-state index >= 15 is 0 Å². The van der Waals surface area contributed by atoms with Crippen LogP contribution in [0.3, 0.4) is 0 Å². The molecular formula is C19H29N3O2. The maximum Gasteiger partial charge on any atom is 0.222 e. The number of aryl methyl sites for hydroxylation is 1. The van der Waals surface area contributed by atoms with Crippen molar-refractivity contribution in [2.24, 2.45) is 5.41 Å². The molecule has 0 spiro atoms. The van der Waals surface area contributed by atoms with Gasteiger partial charge in [-0.15, -0.1) is 0 Å². The molecule has 1 unspecified atom stereocenters. The molecule has 0 bridgehead atoms. The van der Waals surface area contributed by atoms with Crippen molar-refractivity contribution in [3.63, 3.8) is 0 Å². The second-order valence-corrected chi connectivity index (χ2v) is 7.21. The van der Waals surface area contributed by atoms with E-state index in [2.05, 4.69) is 22.9 Å². The van der Waals surface area contributed by atoms with Gasteiger partial charge in [0, 0.05) is 13.5 Å². The molecule has 1 aliphatic rings. The molecule has 5 nitrogen and oxygen atoms in total. The van der Waals surface area contributed by atoms with Gasteiger partial charge in [0.15, 0.2) is 0 Å². The molecule has 1 aromatic carbocycles. The first-order chi connectivity index (χ1) is 11.4. The van der Waals surface area contributed by atoms with Crippen molar-refractivity contribution < 1.29 is 9.59 Å². The number of nitrogens with one attached hydrogen (secondary N) is 3. The summed E-state index contributed by atoms with van der Waals surface area (Å²) in [6.45, 7) is 8.42. The molecule has 0 aliphatic carbocycles. The maximum absolute atomic E-state index is 12.4. The molecule has 0 saturated carbocycles. The zero-order valence-corrected chi connectivity index (χ0v) is 14.9. The molecule has 2 amide bonds. The number of amides is 2. The Hall–Kier alpha value is -1.88. The summed E-state index contributed by atoms with van der Waals surface area (Å²) in [5.41, 5.74) is 2.27. The minimum atomic E-state index is -0.288. The average Bonchev–Trinajstić information content (AvgIpc) is 2.53. The van der Waals surface area contributed by atoms with Crippen LogP contribution in [0.5, 0.6) is 0 Å². The number of hydrogen-bond acceptors (Lipinski definition) is 3. The highest BCUT2D eigenvalue weighted by molar-refractivity contribution is 5.79. The van der Waals surface area contributed by atoms with E-state index in [1.54, 1.807) is 0 Å². The van der Waals surface area contributed by atoms with Gasteiger partial charge in [0.05, 0.1) is 12.5 Å². The number of rotatable bonds is 6. The third-order valence-corrected chi connectivity index (χ3v) is 4.77. The van der Waals surface area contributed by atoms with Crippen LogP contribution < -0.4 is 16.0 Å². The first kappa shape index (κ1) is 18.5. The van der Waals surface area contributed by atoms with Crippen molar-refractivity contribution in [1.82, 2.24) is 16.0 Å². The Balaban J connectivity index is 1.94. The van der Waals surface area contributed by atoms with Gasteiger partial charge in [-0.25, -0.2) is 0 Å². The number of piperidine rings is 1. The van der Waals surface area contributed by atoms with E-state index in [9.17, 15) is 9.59 Å². The number of hydrogen-bond donors (Lipinski definition) is 3. The van der Waals surface area contributed by atoms with Gasteiger partial charge in [-0.2, -0.15) is 0 Å². The van der Waals surface area contributed by atoms with Gasteiger partial charge >= 0.3 is 0 Å². The lowest BCUT2D eigenvalue weighted by Gasteiger charge is -2.34. The van der Waals surface area contributed by atoms with E-state index in [0.717, 1.165) is 37.1 Å². The molecule has 1 heterocycles. The van der Waals surface area contributed by atoms with Crippen LogP contribution in [-0.4, -0.2) is 31.4 Å². The summed E-state index contributed by atoms with van der Waals surface area (Å²) in [5.74, 6) is -0.146. The minimum Gasteiger partial charge on any atom is -0.355 e. The standard InChI is InChI=1S/C19H29N3O2/c1-14-4-6-16(7-5-14)17(22-15(2)23)12-18(24)21-13-19(3)8-10-20-11-9-19/h4-7,17,20H,8-13H2,1-3H3,(H,21,24)(H,22,23). The quantitative estimate of drug-likeness (QED) is 0.747. The summed E-state index contributed by atoms with van der Waals surface area (Å²) in [6, 6.07) is 7.65. The van der Waals surface area contributed by atoms with Crippen LogP contribution in [-0.2, 0) is 9.59 Å². The van der Waals surface area contributed by atoms with Crippen LogP contribution in [0, 0.1) is 12.3 Å². The van der Waals surface area contributed by atoms with Crippen molar-refractivity contribution in [2.45, 2.75) is 46.1 Å². The van der Waals surface area contributed by atoms with Crippen LogP contribution >= 0.6 is 0 Å². The monoisotopic (exact) mass is 331 g/mol. The van der Waals surface area contributed by atoms with E-state index in [4.69, 9.17) is 0 Å². The second kappa shape index (κ2) is 8.29. The number of carbonyl (C=O) groups excluding carboxylic acids is 2. The Labute approximate surface area is 144 Å². The van der Waals surface area contributed by atoms with Gasteiger partial charge in [0.25, 0.3) is 0 Å². The topological polar surface area (TPSA) is 70.2 Å². The Morgan fingerprint density at radius 2 is 1.83 bits per heavy atom. The lowest BCUT2D eigenvalue weighted by atomic mass is 9.81. The summed E-state index contributed by atoms with van der Waals surface area (Å²) in [7, 11) is 0. The zero-order valence-electron chi connectivity index (χ0n) is 14.9. The molecule has 1 aliphatic heterocycles. The molecule has 0 aromatic heterocycles. The maximum atomic E-state index is 12.4. The minimum absolute atomic E-state index is 0.0194. The molecule has 132 valence electrons. The Morgan fingerprint density at radius 1 is 1.21 bits per heavy atom. The summed E-state index contributed by atoms with van der Waals surface area (Å²) in [6.07, 6.45) is 2.40. The van der Waals surface area contributed by atoms with Crippen LogP contribution in [0.1, 0.15) is 50.3 Å². The van der Waals surface area contributed by atoms with Gasteiger partial charge in [0.2, 0.25) is 11.8 Å². The van der Waals surface area contributed by atoms with E-state index in [1.807, 2.05) is 31.2 Å². The molecular weight excluding hydrogens is 302 g/mol. The Kier molecular flexibility index (Phi) is 6.37. The number of carbonyl (C=O) groups is 2. The zero-order chi connectivity index (χ0) is 17.6. The summed E-state index contributed by atoms with van der Waals surface area (Å²) < 4.78 is 0. The molecule has 1 fully saturated rings. The van der Waals surface area contributed by atoms with Gasteiger partial charge in [-0.3, -0.25) is 9.59 Å². The van der Waals surface area contributed by atoms with E-state index in [0.29, 0.717) is 6.54 Å². The molecule has 1 saturated heterocycles. The van der Waals surface area contributed by atoms with E-state index in [-0.39, 0.29) is 29.7 Å². The van der Waals surface area contributed by atoms with Crippen LogP contribution in [0.15, 0.2) is 24.3 Å². The molecule has 1 atom stereocenters. The second-order valence-electron chi connectivity index (χ2n) is 7.21. The van der Waals surface area contributed by atoms with Crippen molar-refractivity contribution >= 4 is 11.8 Å². The fraction of sp³-hybridized carbons (Fsp3) is 0.579. The molecule has 24 heavy (non-hydrogen) atoms. The fourth-order valence-electron chi connectivity index (χ4n) is 3.07. The third-order valence-electron chi connectivity index (χ3n) is 4.77. The van der Waals surface area contributed by atoms with E-state index < -0.39 is 0 Å². The summed E-state index contributed by atoms with van der Waals surface area (Å²) in [5, 5.41) is 9.29. The smallest absolute Gasteiger partial charge is 0.222 e. The fourth-order valence-corrected chi connectivity index (χ4v) is 3.07. The largest absolute Gasteiger partial charge is 0.355 e. The molecule has 2 rings (SSSR count). The van der Waals surface area contributed by atoms with Crippen molar-refractivity contribution in [3.05, 3.63) is 35.4 Å². The highest BCUT2D eigenvalue weighted by atomic mass is 16.2. The lowest BCUT2D eigenvalue weighted by molar-refractivity contribution is -0.123. The van der Waals surface area contributed by atoms with Crippen LogP contribution in [0.2, 0.25) is 0 Å².